The molecule has 0 spiro atoms. The third-order valence-electron chi connectivity index (χ3n) is 4.62. The molecule has 31 heavy (non-hydrogen) atoms. The Labute approximate surface area is 179 Å². The van der Waals surface area contributed by atoms with Gasteiger partial charge in [-0.3, -0.25) is 14.4 Å². The van der Waals surface area contributed by atoms with Gasteiger partial charge in [0.25, 0.3) is 5.91 Å². The number of carbonyl (C=O) groups excluding carboxylic acids is 4. The lowest BCUT2D eigenvalue weighted by Gasteiger charge is -2.11. The van der Waals surface area contributed by atoms with Crippen molar-refractivity contribution < 1.29 is 23.9 Å². The summed E-state index contributed by atoms with van der Waals surface area (Å²) in [6.07, 6.45) is 0. The molecule has 3 aromatic rings. The van der Waals surface area contributed by atoms with E-state index in [0.29, 0.717) is 16.8 Å². The number of para-hydroxylation sites is 1. The van der Waals surface area contributed by atoms with Crippen molar-refractivity contribution in [2.24, 2.45) is 0 Å². The Bertz CT molecular complexity index is 1150. The molecule has 0 fully saturated rings. The zero-order valence-electron chi connectivity index (χ0n) is 17.2. The SMILES string of the molecule is CC(=O)c1ccccc1NC(=O)COC(=O)c1ccccc1C(=O)c1ccc(C)cc1. The van der Waals surface area contributed by atoms with Gasteiger partial charge < -0.3 is 10.1 Å². The van der Waals surface area contributed by atoms with Gasteiger partial charge in [-0.2, -0.15) is 0 Å². The molecule has 3 aromatic carbocycles. The highest BCUT2D eigenvalue weighted by atomic mass is 16.5. The molecule has 1 amide bonds. The predicted molar refractivity (Wildman–Crippen MR) is 116 cm³/mol. The lowest BCUT2D eigenvalue weighted by molar-refractivity contribution is -0.119. The van der Waals surface area contributed by atoms with Crippen molar-refractivity contribution >= 4 is 29.1 Å². The fourth-order valence-electron chi connectivity index (χ4n) is 3.01. The summed E-state index contributed by atoms with van der Waals surface area (Å²) in [5.41, 5.74) is 2.43. The monoisotopic (exact) mass is 415 g/mol. The average molecular weight is 415 g/mol. The van der Waals surface area contributed by atoms with E-state index in [1.165, 1.54) is 13.0 Å². The van der Waals surface area contributed by atoms with E-state index in [1.807, 2.05) is 19.1 Å². The molecule has 0 unspecified atom stereocenters. The van der Waals surface area contributed by atoms with Crippen LogP contribution in [0.2, 0.25) is 0 Å². The second-order valence-corrected chi connectivity index (χ2v) is 6.97. The van der Waals surface area contributed by atoms with Gasteiger partial charge in [-0.25, -0.2) is 4.79 Å². The first-order valence-electron chi connectivity index (χ1n) is 9.64. The summed E-state index contributed by atoms with van der Waals surface area (Å²) in [7, 11) is 0. The molecule has 0 atom stereocenters. The maximum atomic E-state index is 12.8. The molecule has 0 aliphatic carbocycles. The summed E-state index contributed by atoms with van der Waals surface area (Å²) in [4.78, 5) is 49.3. The van der Waals surface area contributed by atoms with E-state index in [4.69, 9.17) is 4.74 Å². The maximum Gasteiger partial charge on any atom is 0.339 e. The van der Waals surface area contributed by atoms with E-state index in [0.717, 1.165) is 5.56 Å². The van der Waals surface area contributed by atoms with E-state index in [1.54, 1.807) is 54.6 Å². The summed E-state index contributed by atoms with van der Waals surface area (Å²) >= 11 is 0. The van der Waals surface area contributed by atoms with E-state index >= 15 is 0 Å². The Kier molecular flexibility index (Phi) is 6.72. The minimum Gasteiger partial charge on any atom is -0.452 e. The molecule has 0 saturated heterocycles. The summed E-state index contributed by atoms with van der Waals surface area (Å²) < 4.78 is 5.12. The number of ether oxygens (including phenoxy) is 1. The highest BCUT2D eigenvalue weighted by molar-refractivity contribution is 6.14. The zero-order valence-corrected chi connectivity index (χ0v) is 17.2. The Morgan fingerprint density at radius 1 is 0.774 bits per heavy atom. The normalized spacial score (nSPS) is 10.3. The number of amides is 1. The van der Waals surface area contributed by atoms with E-state index in [-0.39, 0.29) is 22.7 Å². The molecule has 1 N–H and O–H groups in total. The number of anilines is 1. The maximum absolute atomic E-state index is 12.8. The van der Waals surface area contributed by atoms with Crippen molar-refractivity contribution in [3.63, 3.8) is 0 Å². The van der Waals surface area contributed by atoms with Crippen molar-refractivity contribution in [1.29, 1.82) is 0 Å². The van der Waals surface area contributed by atoms with Crippen molar-refractivity contribution in [3.8, 4) is 0 Å². The van der Waals surface area contributed by atoms with Crippen LogP contribution < -0.4 is 5.32 Å². The van der Waals surface area contributed by atoms with E-state index in [9.17, 15) is 19.2 Å². The Morgan fingerprint density at radius 2 is 1.35 bits per heavy atom. The fourth-order valence-corrected chi connectivity index (χ4v) is 3.01. The van der Waals surface area contributed by atoms with Crippen LogP contribution in [0.4, 0.5) is 5.69 Å². The molecule has 6 heteroatoms. The van der Waals surface area contributed by atoms with Gasteiger partial charge in [0.05, 0.1) is 11.3 Å². The smallest absolute Gasteiger partial charge is 0.339 e. The van der Waals surface area contributed by atoms with Crippen LogP contribution in [0.1, 0.15) is 49.1 Å². The molecule has 6 nitrogen and oxygen atoms in total. The number of carbonyl (C=O) groups is 4. The van der Waals surface area contributed by atoms with Gasteiger partial charge in [-0.1, -0.05) is 60.2 Å². The topological polar surface area (TPSA) is 89.5 Å². The quantitative estimate of drug-likeness (QED) is 0.461. The molecule has 0 saturated carbocycles. The molecule has 0 aliphatic heterocycles. The number of hydrogen-bond acceptors (Lipinski definition) is 5. The third kappa shape index (κ3) is 5.30. The first kappa shape index (κ1) is 21.6. The second kappa shape index (κ2) is 9.63. The van der Waals surface area contributed by atoms with Gasteiger partial charge >= 0.3 is 5.97 Å². The van der Waals surface area contributed by atoms with Crippen molar-refractivity contribution in [2.45, 2.75) is 13.8 Å². The molecule has 0 radical (unpaired) electrons. The fraction of sp³-hybridized carbons (Fsp3) is 0.120. The molecule has 156 valence electrons. The third-order valence-corrected chi connectivity index (χ3v) is 4.62. The average Bonchev–Trinajstić information content (AvgIpc) is 2.77. The standard InChI is InChI=1S/C25H21NO5/c1-16-11-13-18(14-12-16)24(29)20-8-3-4-9-21(20)25(30)31-15-23(28)26-22-10-6-5-7-19(22)17(2)27/h3-14H,15H2,1-2H3,(H,26,28). The summed E-state index contributed by atoms with van der Waals surface area (Å²) in [6.45, 7) is 2.75. The van der Waals surface area contributed by atoms with Gasteiger partial charge in [0.2, 0.25) is 0 Å². The number of ketones is 2. The largest absolute Gasteiger partial charge is 0.452 e. The number of hydrogen-bond donors (Lipinski definition) is 1. The molecular weight excluding hydrogens is 394 g/mol. The molecule has 0 aromatic heterocycles. The van der Waals surface area contributed by atoms with Crippen LogP contribution in [0.3, 0.4) is 0 Å². The number of nitrogens with one attached hydrogen (secondary N) is 1. The number of Topliss-reactive ketones (excluding diaryl/α,β-unsaturated/α-hetero) is 1. The van der Waals surface area contributed by atoms with Crippen LogP contribution in [0, 0.1) is 6.92 Å². The van der Waals surface area contributed by atoms with Crippen molar-refractivity contribution in [2.75, 3.05) is 11.9 Å². The van der Waals surface area contributed by atoms with Crippen LogP contribution in [0.5, 0.6) is 0 Å². The lowest BCUT2D eigenvalue weighted by atomic mass is 9.98. The second-order valence-electron chi connectivity index (χ2n) is 6.97. The molecule has 0 heterocycles. The highest BCUT2D eigenvalue weighted by Gasteiger charge is 2.20. The van der Waals surface area contributed by atoms with E-state index < -0.39 is 18.5 Å². The zero-order chi connectivity index (χ0) is 22.4. The Morgan fingerprint density at radius 3 is 2.00 bits per heavy atom. The lowest BCUT2D eigenvalue weighted by Crippen LogP contribution is -2.22. The predicted octanol–water partition coefficient (Wildman–Crippen LogP) is 4.22. The van der Waals surface area contributed by atoms with Crippen molar-refractivity contribution in [3.05, 3.63) is 101 Å². The number of benzene rings is 3. The molecule has 3 rings (SSSR count). The van der Waals surface area contributed by atoms with Crippen LogP contribution in [0.15, 0.2) is 72.8 Å². The minimum absolute atomic E-state index is 0.0741. The Hall–Kier alpha value is -4.06. The van der Waals surface area contributed by atoms with Crippen LogP contribution >= 0.6 is 0 Å². The van der Waals surface area contributed by atoms with Gasteiger partial charge in [0.15, 0.2) is 18.2 Å². The highest BCUT2D eigenvalue weighted by Crippen LogP contribution is 2.18. The molecular formula is C25H21NO5. The molecule has 0 bridgehead atoms. The summed E-state index contributed by atoms with van der Waals surface area (Å²) in [5.74, 6) is -1.89. The van der Waals surface area contributed by atoms with Gasteiger partial charge in [0.1, 0.15) is 0 Å². The van der Waals surface area contributed by atoms with Crippen LogP contribution in [-0.4, -0.2) is 30.0 Å². The first-order valence-corrected chi connectivity index (χ1v) is 9.64. The van der Waals surface area contributed by atoms with Crippen LogP contribution in [-0.2, 0) is 9.53 Å². The Balaban J connectivity index is 1.70. The summed E-state index contributed by atoms with van der Waals surface area (Å²) in [6, 6.07) is 19.9. The number of rotatable bonds is 7. The minimum atomic E-state index is -0.786. The first-order chi connectivity index (χ1) is 14.9. The van der Waals surface area contributed by atoms with Crippen LogP contribution in [0.25, 0.3) is 0 Å². The van der Waals surface area contributed by atoms with Crippen molar-refractivity contribution in [1.82, 2.24) is 0 Å². The van der Waals surface area contributed by atoms with Gasteiger partial charge in [0, 0.05) is 16.7 Å². The summed E-state index contributed by atoms with van der Waals surface area (Å²) in [5, 5.41) is 2.56. The number of aryl methyl sites for hydroxylation is 1. The number of esters is 1. The molecule has 0 aliphatic rings. The van der Waals surface area contributed by atoms with Gasteiger partial charge in [-0.05, 0) is 32.0 Å². The van der Waals surface area contributed by atoms with Gasteiger partial charge in [-0.15, -0.1) is 0 Å². The van der Waals surface area contributed by atoms with E-state index in [2.05, 4.69) is 5.32 Å².